The zero-order valence-electron chi connectivity index (χ0n) is 11.6. The summed E-state index contributed by atoms with van der Waals surface area (Å²) in [5.74, 6) is -1.48. The molecular formula is C14H18BrNO4. The molecule has 0 aliphatic rings. The Balaban J connectivity index is 2.88. The van der Waals surface area contributed by atoms with Crippen molar-refractivity contribution in [3.05, 3.63) is 34.3 Å². The molecular weight excluding hydrogens is 326 g/mol. The summed E-state index contributed by atoms with van der Waals surface area (Å²) in [6.45, 7) is 3.42. The fraction of sp³-hybridized carbons (Fsp3) is 0.429. The van der Waals surface area contributed by atoms with Crippen LogP contribution in [0.2, 0.25) is 0 Å². The molecule has 0 fully saturated rings. The monoisotopic (exact) mass is 343 g/mol. The van der Waals surface area contributed by atoms with Crippen LogP contribution < -0.4 is 5.32 Å². The first kappa shape index (κ1) is 16.7. The lowest BCUT2D eigenvalue weighted by Crippen LogP contribution is -2.50. The Morgan fingerprint density at radius 1 is 1.35 bits per heavy atom. The van der Waals surface area contributed by atoms with E-state index >= 15 is 0 Å². The van der Waals surface area contributed by atoms with Crippen molar-refractivity contribution in [3.8, 4) is 0 Å². The molecule has 1 amide bonds. The van der Waals surface area contributed by atoms with Crippen LogP contribution in [-0.2, 0) is 19.7 Å². The highest BCUT2D eigenvalue weighted by Crippen LogP contribution is 2.25. The van der Waals surface area contributed by atoms with Crippen LogP contribution in [0.1, 0.15) is 19.4 Å². The minimum atomic E-state index is -1.12. The lowest BCUT2D eigenvalue weighted by Gasteiger charge is -2.26. The molecule has 1 aromatic rings. The molecule has 0 bridgehead atoms. The van der Waals surface area contributed by atoms with Gasteiger partial charge in [0.25, 0.3) is 0 Å². The summed E-state index contributed by atoms with van der Waals surface area (Å²) >= 11 is 3.33. The van der Waals surface area contributed by atoms with Crippen LogP contribution in [0.5, 0.6) is 0 Å². The summed E-state index contributed by atoms with van der Waals surface area (Å²) < 4.78 is 5.72. The second-order valence-corrected chi connectivity index (χ2v) is 5.87. The fourth-order valence-electron chi connectivity index (χ4n) is 1.68. The van der Waals surface area contributed by atoms with E-state index in [0.29, 0.717) is 0 Å². The van der Waals surface area contributed by atoms with Crippen LogP contribution in [0.25, 0.3) is 0 Å². The number of amides is 1. The minimum absolute atomic E-state index is 0.0719. The van der Waals surface area contributed by atoms with Crippen LogP contribution in [0.3, 0.4) is 0 Å². The summed E-state index contributed by atoms with van der Waals surface area (Å²) in [5, 5.41) is 11.5. The Morgan fingerprint density at radius 2 is 1.90 bits per heavy atom. The topological polar surface area (TPSA) is 75.6 Å². The molecule has 0 heterocycles. The van der Waals surface area contributed by atoms with E-state index in [1.165, 1.54) is 7.11 Å². The molecule has 6 heteroatoms. The van der Waals surface area contributed by atoms with Gasteiger partial charge in [-0.15, -0.1) is 0 Å². The van der Waals surface area contributed by atoms with E-state index in [9.17, 15) is 9.59 Å². The van der Waals surface area contributed by atoms with Gasteiger partial charge in [0, 0.05) is 11.6 Å². The average Bonchev–Trinajstić information content (AvgIpc) is 2.38. The largest absolute Gasteiger partial charge is 0.480 e. The number of ether oxygens (including phenoxy) is 1. The number of methoxy groups -OCH3 is 1. The smallest absolute Gasteiger partial charge is 0.328 e. The maximum atomic E-state index is 12.3. The van der Waals surface area contributed by atoms with Crippen molar-refractivity contribution in [1.82, 2.24) is 5.32 Å². The Labute approximate surface area is 126 Å². The number of hydrogen-bond acceptors (Lipinski definition) is 3. The number of benzene rings is 1. The third kappa shape index (κ3) is 4.05. The molecule has 0 aromatic heterocycles. The molecule has 1 aromatic carbocycles. The number of carboxylic acids is 1. The molecule has 2 N–H and O–H groups in total. The van der Waals surface area contributed by atoms with Crippen molar-refractivity contribution in [2.24, 2.45) is 0 Å². The molecule has 0 radical (unpaired) electrons. The van der Waals surface area contributed by atoms with Gasteiger partial charge in [-0.2, -0.15) is 0 Å². The first-order valence-corrected chi connectivity index (χ1v) is 6.87. The van der Waals surface area contributed by atoms with Gasteiger partial charge in [-0.1, -0.05) is 28.1 Å². The van der Waals surface area contributed by atoms with Gasteiger partial charge in [0.05, 0.1) is 12.0 Å². The first-order valence-electron chi connectivity index (χ1n) is 6.07. The minimum Gasteiger partial charge on any atom is -0.480 e. The Hall–Kier alpha value is -1.40. The second-order valence-electron chi connectivity index (χ2n) is 4.95. The fourth-order valence-corrected chi connectivity index (χ4v) is 1.94. The molecule has 1 atom stereocenters. The summed E-state index contributed by atoms with van der Waals surface area (Å²) in [6, 6.07) is 6.29. The van der Waals surface area contributed by atoms with E-state index in [0.717, 1.165) is 10.0 Å². The zero-order valence-corrected chi connectivity index (χ0v) is 13.2. The van der Waals surface area contributed by atoms with Crippen molar-refractivity contribution in [2.75, 3.05) is 13.7 Å². The van der Waals surface area contributed by atoms with E-state index in [1.807, 2.05) is 24.3 Å². The van der Waals surface area contributed by atoms with Crippen LogP contribution in [-0.4, -0.2) is 36.7 Å². The molecule has 0 saturated carbocycles. The standard InChI is InChI=1S/C14H18BrNO4/c1-14(2,9-4-6-10(15)7-5-9)13(19)16-11(8-20-3)12(17)18/h4-7,11H,8H2,1-3H3,(H,16,19)(H,17,18). The number of halogens is 1. The number of carbonyl (C=O) groups is 2. The van der Waals surface area contributed by atoms with Crippen molar-refractivity contribution in [3.63, 3.8) is 0 Å². The summed E-state index contributed by atoms with van der Waals surface area (Å²) in [6.07, 6.45) is 0. The highest BCUT2D eigenvalue weighted by Gasteiger charge is 2.32. The van der Waals surface area contributed by atoms with E-state index in [1.54, 1.807) is 13.8 Å². The average molecular weight is 344 g/mol. The highest BCUT2D eigenvalue weighted by atomic mass is 79.9. The van der Waals surface area contributed by atoms with Crippen molar-refractivity contribution < 1.29 is 19.4 Å². The van der Waals surface area contributed by atoms with Crippen LogP contribution in [0, 0.1) is 0 Å². The maximum Gasteiger partial charge on any atom is 0.328 e. The normalized spacial score (nSPS) is 12.8. The summed E-state index contributed by atoms with van der Waals surface area (Å²) in [5.41, 5.74) is -0.0259. The Bertz CT molecular complexity index is 484. The van der Waals surface area contributed by atoms with Gasteiger partial charge in [0.15, 0.2) is 6.04 Å². The zero-order chi connectivity index (χ0) is 15.3. The van der Waals surface area contributed by atoms with Crippen molar-refractivity contribution in [1.29, 1.82) is 0 Å². The molecule has 20 heavy (non-hydrogen) atoms. The third-order valence-corrected chi connectivity index (χ3v) is 3.60. The van der Waals surface area contributed by atoms with E-state index in [2.05, 4.69) is 21.2 Å². The number of aliphatic carboxylic acids is 1. The number of nitrogens with one attached hydrogen (secondary N) is 1. The Kier molecular flexibility index (Phi) is 5.71. The van der Waals surface area contributed by atoms with Gasteiger partial charge in [0.1, 0.15) is 0 Å². The molecule has 0 aliphatic heterocycles. The first-order chi connectivity index (χ1) is 9.28. The van der Waals surface area contributed by atoms with Gasteiger partial charge in [0.2, 0.25) is 5.91 Å². The number of hydrogen-bond donors (Lipinski definition) is 2. The molecule has 110 valence electrons. The van der Waals surface area contributed by atoms with Crippen LogP contribution in [0.15, 0.2) is 28.7 Å². The summed E-state index contributed by atoms with van der Waals surface area (Å²) in [7, 11) is 1.39. The molecule has 1 unspecified atom stereocenters. The number of carboxylic acid groups (broad SMARTS) is 1. The van der Waals surface area contributed by atoms with E-state index in [4.69, 9.17) is 9.84 Å². The number of carbonyl (C=O) groups excluding carboxylic acids is 1. The molecule has 1 rings (SSSR count). The van der Waals surface area contributed by atoms with Crippen LogP contribution in [0.4, 0.5) is 0 Å². The third-order valence-electron chi connectivity index (χ3n) is 3.07. The van der Waals surface area contributed by atoms with Crippen molar-refractivity contribution >= 4 is 27.8 Å². The van der Waals surface area contributed by atoms with Crippen molar-refractivity contribution in [2.45, 2.75) is 25.3 Å². The maximum absolute atomic E-state index is 12.3. The van der Waals surface area contributed by atoms with Gasteiger partial charge >= 0.3 is 5.97 Å². The predicted molar refractivity (Wildman–Crippen MR) is 78.6 cm³/mol. The Morgan fingerprint density at radius 3 is 2.35 bits per heavy atom. The molecule has 0 spiro atoms. The van der Waals surface area contributed by atoms with E-state index < -0.39 is 17.4 Å². The molecule has 0 saturated heterocycles. The number of rotatable bonds is 6. The SMILES string of the molecule is COCC(NC(=O)C(C)(C)c1ccc(Br)cc1)C(=O)O. The van der Waals surface area contributed by atoms with Crippen LogP contribution >= 0.6 is 15.9 Å². The van der Waals surface area contributed by atoms with Gasteiger partial charge < -0.3 is 15.2 Å². The predicted octanol–water partition coefficient (Wildman–Crippen LogP) is 1.94. The highest BCUT2D eigenvalue weighted by molar-refractivity contribution is 9.10. The second kappa shape index (κ2) is 6.85. The van der Waals surface area contributed by atoms with Gasteiger partial charge in [-0.25, -0.2) is 4.79 Å². The quantitative estimate of drug-likeness (QED) is 0.827. The van der Waals surface area contributed by atoms with E-state index in [-0.39, 0.29) is 12.5 Å². The lowest BCUT2D eigenvalue weighted by atomic mass is 9.83. The molecule has 0 aliphatic carbocycles. The molecule has 5 nitrogen and oxygen atoms in total. The lowest BCUT2D eigenvalue weighted by molar-refractivity contribution is -0.144. The summed E-state index contributed by atoms with van der Waals surface area (Å²) in [4.78, 5) is 23.3. The van der Waals surface area contributed by atoms with Gasteiger partial charge in [-0.05, 0) is 31.5 Å². The van der Waals surface area contributed by atoms with Gasteiger partial charge in [-0.3, -0.25) is 4.79 Å².